The van der Waals surface area contributed by atoms with E-state index in [4.69, 9.17) is 16.3 Å². The lowest BCUT2D eigenvalue weighted by Crippen LogP contribution is -2.38. The first kappa shape index (κ1) is 27.8. The summed E-state index contributed by atoms with van der Waals surface area (Å²) in [6.45, 7) is 1.05. The van der Waals surface area contributed by atoms with E-state index in [0.29, 0.717) is 11.1 Å². The monoisotopic (exact) mass is 566 g/mol. The molecule has 0 saturated heterocycles. The van der Waals surface area contributed by atoms with Crippen LogP contribution in [0.2, 0.25) is 5.02 Å². The Morgan fingerprint density at radius 1 is 0.949 bits per heavy atom. The van der Waals surface area contributed by atoms with Gasteiger partial charge < -0.3 is 10.1 Å². The number of methoxy groups -OCH3 is 1. The topological polar surface area (TPSA) is 92.8 Å². The molecule has 0 unspecified atom stereocenters. The molecule has 0 heterocycles. The lowest BCUT2D eigenvalue weighted by Gasteiger charge is -2.25. The molecular formula is C29H24ClFN2O5S. The Labute approximate surface area is 230 Å². The van der Waals surface area contributed by atoms with Gasteiger partial charge in [-0.3, -0.25) is 13.9 Å². The fraction of sp³-hybridized carbons (Fsp3) is 0.103. The molecule has 0 saturated carbocycles. The molecule has 4 aromatic rings. The molecule has 0 radical (unpaired) electrons. The summed E-state index contributed by atoms with van der Waals surface area (Å²) in [5, 5.41) is 2.92. The highest BCUT2D eigenvalue weighted by atomic mass is 35.5. The van der Waals surface area contributed by atoms with E-state index in [1.807, 2.05) is 0 Å². The first-order valence-corrected chi connectivity index (χ1v) is 13.5. The number of anilines is 2. The summed E-state index contributed by atoms with van der Waals surface area (Å²) < 4.78 is 47.5. The summed E-state index contributed by atoms with van der Waals surface area (Å²) in [6.07, 6.45) is 0. The van der Waals surface area contributed by atoms with E-state index in [1.165, 1.54) is 49.6 Å². The van der Waals surface area contributed by atoms with E-state index in [2.05, 4.69) is 5.32 Å². The molecule has 4 aromatic carbocycles. The molecule has 39 heavy (non-hydrogen) atoms. The van der Waals surface area contributed by atoms with Crippen molar-refractivity contribution in [2.75, 3.05) is 23.3 Å². The average Bonchev–Trinajstić information content (AvgIpc) is 2.93. The van der Waals surface area contributed by atoms with Gasteiger partial charge in [0.05, 0.1) is 18.5 Å². The van der Waals surface area contributed by atoms with Gasteiger partial charge in [0.25, 0.3) is 10.0 Å². The quantitative estimate of drug-likeness (QED) is 0.256. The molecule has 0 aliphatic rings. The third-order valence-electron chi connectivity index (χ3n) is 5.83. The predicted octanol–water partition coefficient (Wildman–Crippen LogP) is 5.86. The fourth-order valence-electron chi connectivity index (χ4n) is 3.91. The van der Waals surface area contributed by atoms with Crippen LogP contribution in [0.25, 0.3) is 0 Å². The summed E-state index contributed by atoms with van der Waals surface area (Å²) in [4.78, 5) is 26.3. The van der Waals surface area contributed by atoms with Gasteiger partial charge in [0.1, 0.15) is 23.0 Å². The van der Waals surface area contributed by atoms with E-state index in [-0.39, 0.29) is 38.4 Å². The smallest absolute Gasteiger partial charge is 0.268 e. The summed E-state index contributed by atoms with van der Waals surface area (Å²) >= 11 is 6.14. The average molecular weight is 567 g/mol. The van der Waals surface area contributed by atoms with Crippen LogP contribution in [0.3, 0.4) is 0 Å². The molecule has 0 atom stereocenters. The number of nitrogens with one attached hydrogen (secondary N) is 1. The van der Waals surface area contributed by atoms with E-state index in [9.17, 15) is 22.4 Å². The van der Waals surface area contributed by atoms with Crippen molar-refractivity contribution in [1.82, 2.24) is 0 Å². The van der Waals surface area contributed by atoms with E-state index in [0.717, 1.165) is 16.4 Å². The molecule has 200 valence electrons. The highest BCUT2D eigenvalue weighted by Gasteiger charge is 2.30. The number of nitrogens with zero attached hydrogens (tertiary/aromatic N) is 1. The first-order chi connectivity index (χ1) is 18.6. The van der Waals surface area contributed by atoms with Gasteiger partial charge in [0.15, 0.2) is 5.78 Å². The molecular weight excluding hydrogens is 543 g/mol. The molecule has 1 amide bonds. The van der Waals surface area contributed by atoms with Crippen LogP contribution in [0.1, 0.15) is 21.5 Å². The van der Waals surface area contributed by atoms with Crippen LogP contribution in [-0.4, -0.2) is 33.8 Å². The van der Waals surface area contributed by atoms with Crippen LogP contribution in [0, 0.1) is 12.7 Å². The summed E-state index contributed by atoms with van der Waals surface area (Å²) in [5.74, 6) is -1.60. The van der Waals surface area contributed by atoms with Crippen LogP contribution < -0.4 is 14.4 Å². The minimum atomic E-state index is -4.36. The zero-order valence-electron chi connectivity index (χ0n) is 21.0. The number of rotatable bonds is 9. The maximum atomic E-state index is 13.8. The minimum Gasteiger partial charge on any atom is -0.495 e. The van der Waals surface area contributed by atoms with Crippen LogP contribution in [0.4, 0.5) is 15.8 Å². The van der Waals surface area contributed by atoms with Gasteiger partial charge in [-0.2, -0.15) is 0 Å². The van der Waals surface area contributed by atoms with E-state index >= 15 is 0 Å². The number of sulfonamides is 1. The first-order valence-electron chi connectivity index (χ1n) is 11.7. The van der Waals surface area contributed by atoms with Crippen molar-refractivity contribution in [1.29, 1.82) is 0 Å². The van der Waals surface area contributed by atoms with E-state index < -0.39 is 28.3 Å². The molecule has 4 rings (SSSR count). The standard InChI is InChI=1S/C29H24ClFN2O5S/c1-19-8-15-26(38-2)27(16-19)39(36,37)33(23-12-10-22(31)11-13-23)18-28(34)32-25-14-9-21(30)17-24(25)29(35)20-6-4-3-5-7-20/h3-17H,18H2,1-2H3,(H,32,34). The normalized spacial score (nSPS) is 11.1. The summed E-state index contributed by atoms with van der Waals surface area (Å²) in [7, 11) is -3.02. The number of ketones is 1. The van der Waals surface area contributed by atoms with Crippen LogP contribution in [-0.2, 0) is 14.8 Å². The zero-order chi connectivity index (χ0) is 28.2. The van der Waals surface area contributed by atoms with Crippen LogP contribution in [0.15, 0.2) is 95.9 Å². The van der Waals surface area contributed by atoms with Crippen molar-refractivity contribution in [3.05, 3.63) is 119 Å². The highest BCUT2D eigenvalue weighted by Crippen LogP contribution is 2.31. The van der Waals surface area contributed by atoms with Gasteiger partial charge in [0.2, 0.25) is 5.91 Å². The predicted molar refractivity (Wildman–Crippen MR) is 149 cm³/mol. The lowest BCUT2D eigenvalue weighted by atomic mass is 10.0. The number of benzene rings is 4. The molecule has 0 spiro atoms. The maximum absolute atomic E-state index is 13.8. The second kappa shape index (κ2) is 11.7. The van der Waals surface area contributed by atoms with E-state index in [1.54, 1.807) is 43.3 Å². The maximum Gasteiger partial charge on any atom is 0.268 e. The second-order valence-electron chi connectivity index (χ2n) is 8.58. The molecule has 1 N–H and O–H groups in total. The summed E-state index contributed by atoms with van der Waals surface area (Å²) in [6, 6.07) is 22.2. The third-order valence-corrected chi connectivity index (χ3v) is 7.86. The Bertz CT molecular complexity index is 1630. The molecule has 0 aliphatic carbocycles. The number of carbonyl (C=O) groups is 2. The lowest BCUT2D eigenvalue weighted by molar-refractivity contribution is -0.114. The van der Waals surface area contributed by atoms with Crippen molar-refractivity contribution in [3.63, 3.8) is 0 Å². The Kier molecular flexibility index (Phi) is 8.32. The number of amides is 1. The largest absolute Gasteiger partial charge is 0.495 e. The van der Waals surface area contributed by atoms with Crippen molar-refractivity contribution >= 4 is 44.7 Å². The molecule has 10 heteroatoms. The van der Waals surface area contributed by atoms with Crippen molar-refractivity contribution in [2.24, 2.45) is 0 Å². The number of hydrogen-bond acceptors (Lipinski definition) is 5. The highest BCUT2D eigenvalue weighted by molar-refractivity contribution is 7.93. The minimum absolute atomic E-state index is 0.0619. The Morgan fingerprint density at radius 2 is 1.64 bits per heavy atom. The van der Waals surface area contributed by atoms with Gasteiger partial charge in [-0.25, -0.2) is 12.8 Å². The number of halogens is 2. The van der Waals surface area contributed by atoms with Gasteiger partial charge in [-0.15, -0.1) is 0 Å². The Hall–Kier alpha value is -4.21. The third kappa shape index (κ3) is 6.27. The Morgan fingerprint density at radius 3 is 2.31 bits per heavy atom. The Balaban J connectivity index is 1.71. The van der Waals surface area contributed by atoms with Crippen molar-refractivity contribution < 1.29 is 27.1 Å². The van der Waals surface area contributed by atoms with Gasteiger partial charge in [0, 0.05) is 16.1 Å². The SMILES string of the molecule is COc1ccc(C)cc1S(=O)(=O)N(CC(=O)Nc1ccc(Cl)cc1C(=O)c1ccccc1)c1ccc(F)cc1. The molecule has 0 bridgehead atoms. The van der Waals surface area contributed by atoms with Crippen molar-refractivity contribution in [3.8, 4) is 5.75 Å². The van der Waals surface area contributed by atoms with Gasteiger partial charge in [-0.05, 0) is 67.1 Å². The van der Waals surface area contributed by atoms with Gasteiger partial charge >= 0.3 is 0 Å². The fourth-order valence-corrected chi connectivity index (χ4v) is 5.74. The number of ether oxygens (including phenoxy) is 1. The molecule has 0 fully saturated rings. The second-order valence-corrected chi connectivity index (χ2v) is 10.8. The zero-order valence-corrected chi connectivity index (χ0v) is 22.6. The number of hydrogen-bond donors (Lipinski definition) is 1. The summed E-state index contributed by atoms with van der Waals surface area (Å²) in [5.41, 5.74) is 1.40. The molecule has 0 aromatic heterocycles. The van der Waals surface area contributed by atoms with Crippen molar-refractivity contribution in [2.45, 2.75) is 11.8 Å². The number of aryl methyl sites for hydroxylation is 1. The number of carbonyl (C=O) groups excluding carboxylic acids is 2. The van der Waals surface area contributed by atoms with Crippen LogP contribution in [0.5, 0.6) is 5.75 Å². The van der Waals surface area contributed by atoms with Crippen LogP contribution >= 0.6 is 11.6 Å². The van der Waals surface area contributed by atoms with Gasteiger partial charge in [-0.1, -0.05) is 48.0 Å². The molecule has 0 aliphatic heterocycles. The molecule has 7 nitrogen and oxygen atoms in total.